The van der Waals surface area contributed by atoms with Gasteiger partial charge in [0.2, 0.25) is 0 Å². The summed E-state index contributed by atoms with van der Waals surface area (Å²) in [5, 5.41) is 7.36. The molecule has 0 bridgehead atoms. The number of thiophene rings is 1. The summed E-state index contributed by atoms with van der Waals surface area (Å²) in [7, 11) is 0. The van der Waals surface area contributed by atoms with Crippen LogP contribution in [0.3, 0.4) is 0 Å². The first-order chi connectivity index (χ1) is 12.6. The fraction of sp³-hybridized carbons (Fsp3) is 0.105. The van der Waals surface area contributed by atoms with Crippen molar-refractivity contribution in [3.63, 3.8) is 0 Å². The van der Waals surface area contributed by atoms with Crippen molar-refractivity contribution in [3.8, 4) is 0 Å². The van der Waals surface area contributed by atoms with Gasteiger partial charge in [-0.15, -0.1) is 11.3 Å². The van der Waals surface area contributed by atoms with Gasteiger partial charge in [0.25, 0.3) is 17.4 Å². The van der Waals surface area contributed by atoms with Gasteiger partial charge in [0.15, 0.2) is 0 Å². The number of pyridine rings is 1. The van der Waals surface area contributed by atoms with Crippen molar-refractivity contribution in [1.82, 2.24) is 4.57 Å². The van der Waals surface area contributed by atoms with Crippen LogP contribution in [0, 0.1) is 0 Å². The van der Waals surface area contributed by atoms with Gasteiger partial charge in [-0.3, -0.25) is 14.4 Å². The first-order valence-corrected chi connectivity index (χ1v) is 8.91. The lowest BCUT2D eigenvalue weighted by Gasteiger charge is -2.09. The molecule has 0 aliphatic rings. The minimum atomic E-state index is -0.321. The zero-order valence-corrected chi connectivity index (χ0v) is 14.9. The van der Waals surface area contributed by atoms with Crippen molar-refractivity contribution >= 4 is 34.5 Å². The average molecular weight is 367 g/mol. The minimum absolute atomic E-state index is 0.121. The molecule has 2 N–H and O–H groups in total. The van der Waals surface area contributed by atoms with Crippen LogP contribution in [0.4, 0.5) is 11.4 Å². The number of aryl methyl sites for hydroxylation is 1. The molecule has 1 aromatic carbocycles. The first-order valence-electron chi connectivity index (χ1n) is 8.03. The maximum Gasteiger partial charge on any atom is 0.265 e. The highest BCUT2D eigenvalue weighted by atomic mass is 32.1. The van der Waals surface area contributed by atoms with Crippen molar-refractivity contribution < 1.29 is 9.59 Å². The highest BCUT2D eigenvalue weighted by molar-refractivity contribution is 7.12. The lowest BCUT2D eigenvalue weighted by atomic mass is 10.2. The van der Waals surface area contributed by atoms with Crippen LogP contribution in [0.25, 0.3) is 0 Å². The van der Waals surface area contributed by atoms with E-state index < -0.39 is 0 Å². The molecule has 3 aromatic rings. The van der Waals surface area contributed by atoms with E-state index in [1.54, 1.807) is 48.7 Å². The average Bonchev–Trinajstić information content (AvgIpc) is 3.18. The van der Waals surface area contributed by atoms with Gasteiger partial charge in [0.05, 0.1) is 10.6 Å². The Labute approximate surface area is 154 Å². The highest BCUT2D eigenvalue weighted by Gasteiger charge is 2.10. The van der Waals surface area contributed by atoms with E-state index >= 15 is 0 Å². The molecule has 26 heavy (non-hydrogen) atoms. The fourth-order valence-electron chi connectivity index (χ4n) is 2.39. The minimum Gasteiger partial charge on any atom is -0.321 e. The zero-order chi connectivity index (χ0) is 18.5. The van der Waals surface area contributed by atoms with Crippen LogP contribution in [0.5, 0.6) is 0 Å². The third-order valence-corrected chi connectivity index (χ3v) is 4.58. The number of carbonyl (C=O) groups excluding carboxylic acids is 2. The van der Waals surface area contributed by atoms with Gasteiger partial charge in [-0.2, -0.15) is 0 Å². The van der Waals surface area contributed by atoms with Crippen LogP contribution < -0.4 is 16.2 Å². The molecular weight excluding hydrogens is 350 g/mol. The Kier molecular flexibility index (Phi) is 5.28. The molecule has 0 atom stereocenters. The maximum absolute atomic E-state index is 12.5. The number of amides is 2. The second-order valence-electron chi connectivity index (χ2n) is 5.51. The zero-order valence-electron chi connectivity index (χ0n) is 14.1. The maximum atomic E-state index is 12.5. The van der Waals surface area contributed by atoms with E-state index in [4.69, 9.17) is 0 Å². The number of carbonyl (C=O) groups is 2. The Hall–Kier alpha value is -3.19. The quantitative estimate of drug-likeness (QED) is 0.725. The molecule has 0 radical (unpaired) electrons. The number of hydrogen-bond acceptors (Lipinski definition) is 4. The predicted molar refractivity (Wildman–Crippen MR) is 103 cm³/mol. The van der Waals surface area contributed by atoms with E-state index in [-0.39, 0.29) is 17.4 Å². The van der Waals surface area contributed by atoms with E-state index in [1.165, 1.54) is 22.0 Å². The smallest absolute Gasteiger partial charge is 0.265 e. The summed E-state index contributed by atoms with van der Waals surface area (Å²) in [5.74, 6) is -0.536. The molecule has 2 heterocycles. The van der Waals surface area contributed by atoms with Crippen LogP contribution in [0.15, 0.2) is 64.9 Å². The number of aromatic nitrogens is 1. The number of nitrogens with one attached hydrogen (secondary N) is 2. The predicted octanol–water partition coefficient (Wildman–Crippen LogP) is 3.43. The molecule has 6 nitrogen and oxygen atoms in total. The third kappa shape index (κ3) is 4.07. The monoisotopic (exact) mass is 367 g/mol. The Morgan fingerprint density at radius 3 is 2.54 bits per heavy atom. The molecule has 7 heteroatoms. The Bertz CT molecular complexity index is 993. The van der Waals surface area contributed by atoms with Gasteiger partial charge < -0.3 is 15.2 Å². The van der Waals surface area contributed by atoms with Crippen molar-refractivity contribution in [2.24, 2.45) is 0 Å². The Morgan fingerprint density at radius 1 is 1.00 bits per heavy atom. The molecule has 0 aliphatic heterocycles. The molecule has 0 aliphatic carbocycles. The van der Waals surface area contributed by atoms with Crippen molar-refractivity contribution in [1.29, 1.82) is 0 Å². The normalized spacial score (nSPS) is 10.3. The molecule has 132 valence electrons. The summed E-state index contributed by atoms with van der Waals surface area (Å²) in [6.07, 6.45) is 1.60. The molecule has 3 rings (SSSR count). The van der Waals surface area contributed by atoms with E-state index in [9.17, 15) is 14.4 Å². The van der Waals surface area contributed by atoms with Crippen molar-refractivity contribution in [2.45, 2.75) is 13.5 Å². The number of hydrogen-bond donors (Lipinski definition) is 2. The lowest BCUT2D eigenvalue weighted by Crippen LogP contribution is -2.20. The van der Waals surface area contributed by atoms with Crippen LogP contribution in [0.1, 0.15) is 27.0 Å². The SMILES string of the molecule is CCn1cc(NC(=O)c2cccc(NC(=O)c3cccs3)c2)ccc1=O. The Morgan fingerprint density at radius 2 is 1.81 bits per heavy atom. The van der Waals surface area contributed by atoms with Crippen LogP contribution >= 0.6 is 11.3 Å². The van der Waals surface area contributed by atoms with E-state index in [0.717, 1.165) is 0 Å². The third-order valence-electron chi connectivity index (χ3n) is 3.71. The molecule has 0 spiro atoms. The second kappa shape index (κ2) is 7.79. The van der Waals surface area contributed by atoms with Crippen LogP contribution in [-0.4, -0.2) is 16.4 Å². The summed E-state index contributed by atoms with van der Waals surface area (Å²) in [4.78, 5) is 36.8. The highest BCUT2D eigenvalue weighted by Crippen LogP contribution is 2.16. The summed E-state index contributed by atoms with van der Waals surface area (Å²) in [6, 6.07) is 13.2. The van der Waals surface area contributed by atoms with Gasteiger partial charge in [-0.1, -0.05) is 12.1 Å². The van der Waals surface area contributed by atoms with Crippen LogP contribution in [0.2, 0.25) is 0 Å². The van der Waals surface area contributed by atoms with E-state index in [0.29, 0.717) is 28.4 Å². The standard InChI is InChI=1S/C19H17N3O3S/c1-2-22-12-15(8-9-17(22)23)21-18(24)13-5-3-6-14(11-13)20-19(25)16-7-4-10-26-16/h3-12H,2H2,1H3,(H,20,25)(H,21,24). The fourth-order valence-corrected chi connectivity index (χ4v) is 3.01. The number of nitrogens with zero attached hydrogens (tertiary/aromatic N) is 1. The molecule has 0 saturated heterocycles. The first kappa shape index (κ1) is 17.6. The van der Waals surface area contributed by atoms with Gasteiger partial charge in [0.1, 0.15) is 0 Å². The topological polar surface area (TPSA) is 80.2 Å². The van der Waals surface area contributed by atoms with Crippen molar-refractivity contribution in [2.75, 3.05) is 10.6 Å². The molecule has 2 aromatic heterocycles. The largest absolute Gasteiger partial charge is 0.321 e. The van der Waals surface area contributed by atoms with Gasteiger partial charge in [-0.05, 0) is 42.6 Å². The van der Waals surface area contributed by atoms with Gasteiger partial charge >= 0.3 is 0 Å². The van der Waals surface area contributed by atoms with Gasteiger partial charge in [-0.25, -0.2) is 0 Å². The number of anilines is 2. The summed E-state index contributed by atoms with van der Waals surface area (Å²) >= 11 is 1.35. The second-order valence-corrected chi connectivity index (χ2v) is 6.46. The Balaban J connectivity index is 1.74. The molecule has 2 amide bonds. The van der Waals surface area contributed by atoms with Gasteiger partial charge in [0, 0.05) is 30.1 Å². The van der Waals surface area contributed by atoms with E-state index in [1.807, 2.05) is 12.3 Å². The summed E-state index contributed by atoms with van der Waals surface area (Å²) in [5.41, 5.74) is 1.35. The molecular formula is C19H17N3O3S. The van der Waals surface area contributed by atoms with E-state index in [2.05, 4.69) is 10.6 Å². The number of rotatable bonds is 5. The summed E-state index contributed by atoms with van der Waals surface area (Å²) in [6.45, 7) is 2.37. The summed E-state index contributed by atoms with van der Waals surface area (Å²) < 4.78 is 1.51. The molecule has 0 unspecified atom stereocenters. The number of benzene rings is 1. The van der Waals surface area contributed by atoms with Crippen molar-refractivity contribution in [3.05, 3.63) is 80.9 Å². The van der Waals surface area contributed by atoms with Crippen LogP contribution in [-0.2, 0) is 6.54 Å². The lowest BCUT2D eigenvalue weighted by molar-refractivity contribution is 0.101. The molecule has 0 fully saturated rings. The molecule has 0 saturated carbocycles.